The molecule has 11 heteroatoms. The van der Waals surface area contributed by atoms with E-state index in [-0.39, 0.29) is 49.7 Å². The van der Waals surface area contributed by atoms with Gasteiger partial charge in [0.15, 0.2) is 6.61 Å². The van der Waals surface area contributed by atoms with E-state index in [1.807, 2.05) is 20.8 Å². The number of halogens is 1. The SMILES string of the molecule is CC(C)(C)c1nc(COC(=O)c2ccc(F)c(S(=O)(=O)N3CCOCC3)c2)no1. The van der Waals surface area contributed by atoms with Gasteiger partial charge in [0, 0.05) is 18.5 Å². The van der Waals surface area contributed by atoms with E-state index in [2.05, 4.69) is 10.1 Å². The number of esters is 1. The number of carbonyl (C=O) groups is 1. The highest BCUT2D eigenvalue weighted by molar-refractivity contribution is 7.89. The Morgan fingerprint density at radius 3 is 2.59 bits per heavy atom. The van der Waals surface area contributed by atoms with Crippen molar-refractivity contribution < 1.29 is 31.6 Å². The van der Waals surface area contributed by atoms with Crippen LogP contribution in [0.1, 0.15) is 42.8 Å². The lowest BCUT2D eigenvalue weighted by atomic mass is 9.97. The van der Waals surface area contributed by atoms with Gasteiger partial charge in [-0.25, -0.2) is 17.6 Å². The van der Waals surface area contributed by atoms with E-state index in [1.54, 1.807) is 0 Å². The van der Waals surface area contributed by atoms with Crippen LogP contribution in [0.15, 0.2) is 27.6 Å². The standard InChI is InChI=1S/C18H22FN3O6S/c1-18(2,3)17-20-15(21-28-17)11-27-16(23)12-4-5-13(19)14(10-12)29(24,25)22-6-8-26-9-7-22/h4-5,10H,6-9,11H2,1-3H3. The molecular formula is C18H22FN3O6S. The van der Waals surface area contributed by atoms with Crippen LogP contribution in [0.5, 0.6) is 0 Å². The number of morpholine rings is 1. The number of hydrogen-bond acceptors (Lipinski definition) is 8. The number of benzene rings is 1. The monoisotopic (exact) mass is 427 g/mol. The maximum Gasteiger partial charge on any atom is 0.338 e. The van der Waals surface area contributed by atoms with Gasteiger partial charge in [0.1, 0.15) is 10.7 Å². The number of aromatic nitrogens is 2. The van der Waals surface area contributed by atoms with Crippen molar-refractivity contribution in [2.45, 2.75) is 37.7 Å². The molecule has 1 aromatic carbocycles. The fourth-order valence-corrected chi connectivity index (χ4v) is 4.08. The third-order valence-electron chi connectivity index (χ3n) is 4.20. The van der Waals surface area contributed by atoms with Crippen molar-refractivity contribution in [2.75, 3.05) is 26.3 Å². The van der Waals surface area contributed by atoms with Crippen molar-refractivity contribution in [2.24, 2.45) is 0 Å². The molecule has 0 unspecified atom stereocenters. The van der Waals surface area contributed by atoms with Gasteiger partial charge >= 0.3 is 5.97 Å². The van der Waals surface area contributed by atoms with Crippen molar-refractivity contribution in [3.63, 3.8) is 0 Å². The van der Waals surface area contributed by atoms with Crippen molar-refractivity contribution in [1.82, 2.24) is 14.4 Å². The quantitative estimate of drug-likeness (QED) is 0.665. The zero-order chi connectivity index (χ0) is 21.2. The maximum atomic E-state index is 14.2. The summed E-state index contributed by atoms with van der Waals surface area (Å²) in [6.07, 6.45) is 0. The minimum Gasteiger partial charge on any atom is -0.454 e. The largest absolute Gasteiger partial charge is 0.454 e. The van der Waals surface area contributed by atoms with Crippen LogP contribution in [0.2, 0.25) is 0 Å². The Morgan fingerprint density at radius 2 is 1.97 bits per heavy atom. The lowest BCUT2D eigenvalue weighted by molar-refractivity contribution is 0.0459. The lowest BCUT2D eigenvalue weighted by Crippen LogP contribution is -2.41. The van der Waals surface area contributed by atoms with Gasteiger partial charge in [-0.2, -0.15) is 9.29 Å². The molecule has 0 aliphatic carbocycles. The molecule has 0 N–H and O–H groups in total. The molecule has 0 amide bonds. The molecule has 0 bridgehead atoms. The molecule has 2 aromatic rings. The summed E-state index contributed by atoms with van der Waals surface area (Å²) >= 11 is 0. The Hall–Kier alpha value is -2.37. The van der Waals surface area contributed by atoms with Crippen LogP contribution in [0.3, 0.4) is 0 Å². The van der Waals surface area contributed by atoms with E-state index < -0.39 is 26.7 Å². The van der Waals surface area contributed by atoms with Crippen LogP contribution in [-0.2, 0) is 31.5 Å². The van der Waals surface area contributed by atoms with Crippen LogP contribution in [0.4, 0.5) is 4.39 Å². The second kappa shape index (κ2) is 8.17. The molecular weight excluding hydrogens is 405 g/mol. The Balaban J connectivity index is 1.75. The molecule has 9 nitrogen and oxygen atoms in total. The molecule has 1 saturated heterocycles. The normalized spacial score (nSPS) is 16.0. The number of rotatable bonds is 5. The zero-order valence-electron chi connectivity index (χ0n) is 16.3. The van der Waals surface area contributed by atoms with Crippen LogP contribution in [0, 0.1) is 5.82 Å². The Kier molecular flexibility index (Phi) is 6.01. The van der Waals surface area contributed by atoms with E-state index in [0.29, 0.717) is 5.89 Å². The summed E-state index contributed by atoms with van der Waals surface area (Å²) in [5.41, 5.74) is -0.451. The van der Waals surface area contributed by atoms with E-state index in [4.69, 9.17) is 14.0 Å². The predicted molar refractivity (Wildman–Crippen MR) is 98.1 cm³/mol. The molecule has 1 fully saturated rings. The number of nitrogens with zero attached hydrogens (tertiary/aromatic N) is 3. The number of carbonyl (C=O) groups excluding carboxylic acids is 1. The molecule has 0 atom stereocenters. The zero-order valence-corrected chi connectivity index (χ0v) is 17.2. The first-order valence-electron chi connectivity index (χ1n) is 8.96. The molecule has 3 rings (SSSR count). The van der Waals surface area contributed by atoms with E-state index in [1.165, 1.54) is 0 Å². The van der Waals surface area contributed by atoms with Gasteiger partial charge in [-0.05, 0) is 18.2 Å². The highest BCUT2D eigenvalue weighted by Gasteiger charge is 2.30. The Bertz CT molecular complexity index is 993. The van der Waals surface area contributed by atoms with Gasteiger partial charge in [0.25, 0.3) is 0 Å². The minimum atomic E-state index is -4.10. The number of hydrogen-bond donors (Lipinski definition) is 0. The summed E-state index contributed by atoms with van der Waals surface area (Å²) < 4.78 is 56.1. The third kappa shape index (κ3) is 4.80. The summed E-state index contributed by atoms with van der Waals surface area (Å²) in [7, 11) is -4.10. The molecule has 1 aromatic heterocycles. The second-order valence-electron chi connectivity index (χ2n) is 7.50. The topological polar surface area (TPSA) is 112 Å². The van der Waals surface area contributed by atoms with Crippen LogP contribution < -0.4 is 0 Å². The van der Waals surface area contributed by atoms with Crippen LogP contribution >= 0.6 is 0 Å². The highest BCUT2D eigenvalue weighted by Crippen LogP contribution is 2.23. The molecule has 1 aliphatic heterocycles. The van der Waals surface area contributed by atoms with Gasteiger partial charge in [-0.3, -0.25) is 0 Å². The molecule has 1 aliphatic rings. The number of ether oxygens (including phenoxy) is 2. The first-order valence-corrected chi connectivity index (χ1v) is 10.4. The van der Waals surface area contributed by atoms with Gasteiger partial charge < -0.3 is 14.0 Å². The summed E-state index contributed by atoms with van der Waals surface area (Å²) in [5, 5.41) is 3.74. The minimum absolute atomic E-state index is 0.0993. The van der Waals surface area contributed by atoms with E-state index in [0.717, 1.165) is 22.5 Å². The average Bonchev–Trinajstić information content (AvgIpc) is 3.16. The fourth-order valence-electron chi connectivity index (χ4n) is 2.58. The van der Waals surface area contributed by atoms with Crippen molar-refractivity contribution in [1.29, 1.82) is 0 Å². The van der Waals surface area contributed by atoms with Gasteiger partial charge in [0.2, 0.25) is 21.7 Å². The first kappa shape index (κ1) is 21.3. The maximum absolute atomic E-state index is 14.2. The van der Waals surface area contributed by atoms with Gasteiger partial charge in [0.05, 0.1) is 18.8 Å². The van der Waals surface area contributed by atoms with Crippen molar-refractivity contribution in [3.05, 3.63) is 41.3 Å². The van der Waals surface area contributed by atoms with Crippen molar-refractivity contribution in [3.8, 4) is 0 Å². The van der Waals surface area contributed by atoms with Crippen LogP contribution in [0.25, 0.3) is 0 Å². The lowest BCUT2D eigenvalue weighted by Gasteiger charge is -2.26. The smallest absolute Gasteiger partial charge is 0.338 e. The number of sulfonamides is 1. The van der Waals surface area contributed by atoms with Crippen LogP contribution in [-0.4, -0.2) is 55.1 Å². The second-order valence-corrected chi connectivity index (χ2v) is 9.41. The first-order chi connectivity index (χ1) is 13.6. The summed E-state index contributed by atoms with van der Waals surface area (Å²) in [4.78, 5) is 15.9. The Labute approximate surface area is 167 Å². The van der Waals surface area contributed by atoms with E-state index in [9.17, 15) is 17.6 Å². The summed E-state index contributed by atoms with van der Waals surface area (Å²) in [6, 6.07) is 3.06. The molecule has 29 heavy (non-hydrogen) atoms. The average molecular weight is 427 g/mol. The molecule has 158 valence electrons. The van der Waals surface area contributed by atoms with Gasteiger partial charge in [-0.1, -0.05) is 25.9 Å². The molecule has 0 radical (unpaired) electrons. The predicted octanol–water partition coefficient (Wildman–Crippen LogP) is 1.88. The molecule has 0 spiro atoms. The Morgan fingerprint density at radius 1 is 1.28 bits per heavy atom. The summed E-state index contributed by atoms with van der Waals surface area (Å²) in [6.45, 7) is 6.10. The van der Waals surface area contributed by atoms with E-state index >= 15 is 0 Å². The molecule has 0 saturated carbocycles. The fraction of sp³-hybridized carbons (Fsp3) is 0.500. The van der Waals surface area contributed by atoms with Crippen molar-refractivity contribution >= 4 is 16.0 Å². The highest BCUT2D eigenvalue weighted by atomic mass is 32.2. The molecule has 2 heterocycles. The summed E-state index contributed by atoms with van der Waals surface area (Å²) in [5.74, 6) is -1.21. The van der Waals surface area contributed by atoms with Gasteiger partial charge in [-0.15, -0.1) is 0 Å². The third-order valence-corrected chi connectivity index (χ3v) is 6.11.